The molecule has 0 N–H and O–H groups in total. The van der Waals surface area contributed by atoms with Crippen molar-refractivity contribution < 1.29 is 14.3 Å². The molecule has 0 aliphatic carbocycles. The Balaban J connectivity index is 0.00000102. The summed E-state index contributed by atoms with van der Waals surface area (Å²) in [4.78, 5) is 24.2. The third-order valence-corrected chi connectivity index (χ3v) is 6.13. The van der Waals surface area contributed by atoms with E-state index >= 15 is 0 Å². The first-order chi connectivity index (χ1) is 17.8. The first-order valence-electron chi connectivity index (χ1n) is 13.7. The fraction of sp³-hybridized carbons (Fsp3) is 0.412. The Hall–Kier alpha value is -3.20. The van der Waals surface area contributed by atoms with Crippen molar-refractivity contribution in [2.24, 2.45) is 0 Å². The van der Waals surface area contributed by atoms with Crippen LogP contribution in [-0.2, 0) is 16.0 Å². The van der Waals surface area contributed by atoms with Crippen LogP contribution in [0.5, 0.6) is 0 Å². The van der Waals surface area contributed by atoms with E-state index < -0.39 is 0 Å². The maximum absolute atomic E-state index is 12.6. The van der Waals surface area contributed by atoms with Crippen LogP contribution in [0.1, 0.15) is 102 Å². The van der Waals surface area contributed by atoms with Gasteiger partial charge in [-0.2, -0.15) is 0 Å². The van der Waals surface area contributed by atoms with Crippen LogP contribution in [0.2, 0.25) is 0 Å². The Morgan fingerprint density at radius 2 is 1.49 bits per heavy atom. The lowest BCUT2D eigenvalue weighted by Gasteiger charge is -2.12. The van der Waals surface area contributed by atoms with Crippen molar-refractivity contribution in [3.63, 3.8) is 0 Å². The number of hydrogen-bond acceptors (Lipinski definition) is 3. The van der Waals surface area contributed by atoms with Crippen LogP contribution in [0.4, 0.5) is 0 Å². The molecule has 0 fully saturated rings. The second kappa shape index (κ2) is 18.1. The Morgan fingerprint density at radius 3 is 2.00 bits per heavy atom. The highest BCUT2D eigenvalue weighted by atomic mass is 16.5. The van der Waals surface area contributed by atoms with Gasteiger partial charge in [-0.25, -0.2) is 4.79 Å². The molecule has 200 valence electrons. The molecule has 0 saturated heterocycles. The molecule has 0 amide bonds. The summed E-state index contributed by atoms with van der Waals surface area (Å²) in [5.41, 5.74) is 6.66. The van der Waals surface area contributed by atoms with Crippen molar-refractivity contribution in [3.8, 4) is 11.1 Å². The Morgan fingerprint density at radius 1 is 0.865 bits per heavy atom. The minimum absolute atomic E-state index is 0.0512. The number of Topliss-reactive ketones (excluding diaryl/α,β-unsaturated/α-hetero) is 1. The molecular formula is C34H46O3. The van der Waals surface area contributed by atoms with Crippen LogP contribution < -0.4 is 0 Å². The Bertz CT molecular complexity index is 1060. The molecule has 3 nitrogen and oxygen atoms in total. The van der Waals surface area contributed by atoms with E-state index in [1.807, 2.05) is 70.2 Å². The smallest absolute Gasteiger partial charge is 0.334 e. The molecule has 0 aliphatic rings. The van der Waals surface area contributed by atoms with Crippen LogP contribution in [0.3, 0.4) is 0 Å². The van der Waals surface area contributed by atoms with E-state index in [0.717, 1.165) is 34.2 Å². The molecule has 2 aromatic rings. The van der Waals surface area contributed by atoms with Crippen LogP contribution >= 0.6 is 0 Å². The summed E-state index contributed by atoms with van der Waals surface area (Å²) in [5, 5.41) is 0. The fourth-order valence-electron chi connectivity index (χ4n) is 3.73. The van der Waals surface area contributed by atoms with Crippen molar-refractivity contribution in [1.82, 2.24) is 0 Å². The minimum Gasteiger partial charge on any atom is -0.463 e. The quantitative estimate of drug-likeness (QED) is 0.0954. The van der Waals surface area contributed by atoms with Gasteiger partial charge in [0.25, 0.3) is 0 Å². The second-order valence-electron chi connectivity index (χ2n) is 9.23. The van der Waals surface area contributed by atoms with Crippen LogP contribution in [-0.4, -0.2) is 18.4 Å². The molecule has 0 radical (unpaired) electrons. The van der Waals surface area contributed by atoms with Gasteiger partial charge in [-0.15, -0.1) is 0 Å². The summed E-state index contributed by atoms with van der Waals surface area (Å²) >= 11 is 0. The van der Waals surface area contributed by atoms with Gasteiger partial charge < -0.3 is 4.74 Å². The van der Waals surface area contributed by atoms with E-state index in [-0.39, 0.29) is 11.8 Å². The van der Waals surface area contributed by atoms with E-state index in [0.29, 0.717) is 24.2 Å². The van der Waals surface area contributed by atoms with E-state index in [1.165, 1.54) is 25.7 Å². The zero-order valence-corrected chi connectivity index (χ0v) is 24.0. The maximum Gasteiger partial charge on any atom is 0.334 e. The summed E-state index contributed by atoms with van der Waals surface area (Å²) in [5.74, 6) is -0.229. The second-order valence-corrected chi connectivity index (χ2v) is 9.23. The average Bonchev–Trinajstić information content (AvgIpc) is 2.91. The number of ketones is 1. The van der Waals surface area contributed by atoms with Crippen LogP contribution in [0.15, 0.2) is 71.8 Å². The van der Waals surface area contributed by atoms with E-state index in [1.54, 1.807) is 6.92 Å². The number of rotatable bonds is 12. The predicted octanol–water partition coefficient (Wildman–Crippen LogP) is 9.56. The van der Waals surface area contributed by atoms with Gasteiger partial charge in [-0.05, 0) is 75.4 Å². The van der Waals surface area contributed by atoms with Gasteiger partial charge in [0.15, 0.2) is 5.78 Å². The SMILES string of the molecule is CC=C(C)C/C(=C\c1cc(-c2ccc(C(C)=O)cc2)ccc1C/C=C\C)C(=O)OCC.CCCCCC. The number of carbonyl (C=O) groups is 2. The molecule has 2 aromatic carbocycles. The number of esters is 1. The highest BCUT2D eigenvalue weighted by molar-refractivity contribution is 5.95. The monoisotopic (exact) mass is 502 g/mol. The first kappa shape index (κ1) is 31.8. The molecule has 0 aromatic heterocycles. The lowest BCUT2D eigenvalue weighted by molar-refractivity contribution is -0.138. The maximum atomic E-state index is 12.6. The number of benzene rings is 2. The van der Waals surface area contributed by atoms with Crippen molar-refractivity contribution in [3.05, 3.63) is 88.5 Å². The summed E-state index contributed by atoms with van der Waals surface area (Å²) in [6.07, 6.45) is 15.0. The van der Waals surface area contributed by atoms with Gasteiger partial charge >= 0.3 is 5.97 Å². The lowest BCUT2D eigenvalue weighted by Crippen LogP contribution is -2.08. The number of carbonyl (C=O) groups excluding carboxylic acids is 2. The molecule has 37 heavy (non-hydrogen) atoms. The standard InChI is InChI=1S/C28H32O3.C6H14/c1-6-9-10-23-15-16-25(24-13-11-22(12-14-24)21(5)29)18-26(23)19-27(17-20(4)7-2)28(30)31-8-3;1-3-5-6-4-2/h6-7,9,11-16,18-19H,8,10,17H2,1-5H3;3-6H2,1-2H3/b9-6-,20-7?,27-19+;. The lowest BCUT2D eigenvalue weighted by atomic mass is 9.94. The van der Waals surface area contributed by atoms with Gasteiger partial charge in [0, 0.05) is 17.6 Å². The van der Waals surface area contributed by atoms with Crippen molar-refractivity contribution >= 4 is 17.8 Å². The van der Waals surface area contributed by atoms with Gasteiger partial charge in [0.2, 0.25) is 0 Å². The predicted molar refractivity (Wildman–Crippen MR) is 159 cm³/mol. The van der Waals surface area contributed by atoms with Gasteiger partial charge in [-0.1, -0.05) is 99.7 Å². The number of ether oxygens (including phenoxy) is 1. The van der Waals surface area contributed by atoms with Crippen molar-refractivity contribution in [2.75, 3.05) is 6.61 Å². The van der Waals surface area contributed by atoms with Gasteiger partial charge in [-0.3, -0.25) is 4.79 Å². The minimum atomic E-state index is -0.281. The zero-order valence-electron chi connectivity index (χ0n) is 24.0. The zero-order chi connectivity index (χ0) is 27.6. The molecular weight excluding hydrogens is 456 g/mol. The molecule has 0 unspecified atom stereocenters. The van der Waals surface area contributed by atoms with Gasteiger partial charge in [0.05, 0.1) is 6.61 Å². The molecule has 2 rings (SSSR count). The topological polar surface area (TPSA) is 43.4 Å². The number of hydrogen-bond donors (Lipinski definition) is 0. The summed E-state index contributed by atoms with van der Waals surface area (Å²) in [6, 6.07) is 13.9. The molecule has 0 aliphatic heterocycles. The van der Waals surface area contributed by atoms with E-state index in [2.05, 4.69) is 38.1 Å². The normalized spacial score (nSPS) is 11.8. The summed E-state index contributed by atoms with van der Waals surface area (Å²) in [7, 11) is 0. The fourth-order valence-corrected chi connectivity index (χ4v) is 3.73. The molecule has 0 saturated carbocycles. The molecule has 0 heterocycles. The third kappa shape index (κ3) is 11.6. The van der Waals surface area contributed by atoms with Gasteiger partial charge in [0.1, 0.15) is 0 Å². The molecule has 0 spiro atoms. The van der Waals surface area contributed by atoms with Crippen molar-refractivity contribution in [1.29, 1.82) is 0 Å². The largest absolute Gasteiger partial charge is 0.463 e. The summed E-state index contributed by atoms with van der Waals surface area (Å²) < 4.78 is 5.31. The van der Waals surface area contributed by atoms with Crippen LogP contribution in [0, 0.1) is 0 Å². The molecule has 0 bridgehead atoms. The van der Waals surface area contributed by atoms with Crippen molar-refractivity contribution in [2.45, 2.75) is 87.0 Å². The van der Waals surface area contributed by atoms with Crippen LogP contribution in [0.25, 0.3) is 17.2 Å². The van der Waals surface area contributed by atoms with E-state index in [9.17, 15) is 9.59 Å². The average molecular weight is 503 g/mol. The third-order valence-electron chi connectivity index (χ3n) is 6.13. The number of unbranched alkanes of at least 4 members (excludes halogenated alkanes) is 3. The Kier molecular flexibility index (Phi) is 15.6. The highest BCUT2D eigenvalue weighted by Crippen LogP contribution is 2.27. The molecule has 3 heteroatoms. The Labute approximate surface area is 225 Å². The first-order valence-corrected chi connectivity index (χ1v) is 13.7. The molecule has 0 atom stereocenters. The summed E-state index contributed by atoms with van der Waals surface area (Å²) in [6.45, 7) is 14.2. The highest BCUT2D eigenvalue weighted by Gasteiger charge is 2.13. The van der Waals surface area contributed by atoms with E-state index in [4.69, 9.17) is 4.74 Å². The number of allylic oxidation sites excluding steroid dienone is 4.